The first-order chi connectivity index (χ1) is 9.38. The second-order valence-electron chi connectivity index (χ2n) is 5.49. The largest absolute Gasteiger partial charge is 0.393 e. The molecule has 0 bridgehead atoms. The van der Waals surface area contributed by atoms with E-state index in [1.165, 1.54) is 18.2 Å². The Bertz CT molecular complexity index is 561. The van der Waals surface area contributed by atoms with Gasteiger partial charge in [0, 0.05) is 19.2 Å². The first-order valence-corrected chi connectivity index (χ1v) is 6.40. The van der Waals surface area contributed by atoms with Gasteiger partial charge in [-0.2, -0.15) is 0 Å². The van der Waals surface area contributed by atoms with Crippen molar-refractivity contribution in [1.29, 1.82) is 0 Å². The molecule has 2 rings (SSSR count). The summed E-state index contributed by atoms with van der Waals surface area (Å²) in [5, 5.41) is 10.9. The van der Waals surface area contributed by atoms with E-state index < -0.39 is 4.92 Å². The van der Waals surface area contributed by atoms with Crippen LogP contribution < -0.4 is 11.5 Å². The Hall–Kier alpha value is -2.15. The Balaban J connectivity index is 2.27. The number of hydrogen-bond donors (Lipinski definition) is 2. The fourth-order valence-electron chi connectivity index (χ4n) is 2.43. The zero-order valence-corrected chi connectivity index (χ0v) is 11.3. The second kappa shape index (κ2) is 5.09. The molecule has 4 N–H and O–H groups in total. The van der Waals surface area contributed by atoms with Gasteiger partial charge in [0.1, 0.15) is 5.69 Å². The van der Waals surface area contributed by atoms with Crippen LogP contribution >= 0.6 is 0 Å². The molecule has 0 saturated carbocycles. The third kappa shape index (κ3) is 2.44. The zero-order valence-electron chi connectivity index (χ0n) is 11.3. The molecule has 1 saturated heterocycles. The van der Waals surface area contributed by atoms with Crippen LogP contribution in [-0.2, 0) is 0 Å². The highest BCUT2D eigenvalue weighted by molar-refractivity contribution is 6.01. The van der Waals surface area contributed by atoms with Crippen LogP contribution in [0.25, 0.3) is 0 Å². The van der Waals surface area contributed by atoms with Crippen molar-refractivity contribution in [2.24, 2.45) is 11.1 Å². The third-order valence-electron chi connectivity index (χ3n) is 3.85. The van der Waals surface area contributed by atoms with E-state index in [4.69, 9.17) is 11.5 Å². The van der Waals surface area contributed by atoms with Gasteiger partial charge in [0.15, 0.2) is 0 Å². The molecule has 1 aliphatic rings. The molecule has 0 aliphatic carbocycles. The maximum absolute atomic E-state index is 12.4. The summed E-state index contributed by atoms with van der Waals surface area (Å²) in [6.07, 6.45) is 0.823. The molecule has 7 nitrogen and oxygen atoms in total. The van der Waals surface area contributed by atoms with E-state index in [0.29, 0.717) is 19.6 Å². The van der Waals surface area contributed by atoms with Crippen molar-refractivity contribution in [3.8, 4) is 0 Å². The topological polar surface area (TPSA) is 115 Å². The summed E-state index contributed by atoms with van der Waals surface area (Å²) >= 11 is 0. The van der Waals surface area contributed by atoms with E-state index in [9.17, 15) is 14.9 Å². The van der Waals surface area contributed by atoms with Gasteiger partial charge in [-0.15, -0.1) is 0 Å². The van der Waals surface area contributed by atoms with Gasteiger partial charge in [-0.3, -0.25) is 14.9 Å². The number of amides is 1. The van der Waals surface area contributed by atoms with Crippen LogP contribution in [0.15, 0.2) is 18.2 Å². The van der Waals surface area contributed by atoms with Crippen LogP contribution in [0.2, 0.25) is 0 Å². The Labute approximate surface area is 116 Å². The smallest absolute Gasteiger partial charge is 0.292 e. The molecule has 108 valence electrons. The molecule has 1 heterocycles. The molecular formula is C13H18N4O3. The molecule has 1 atom stereocenters. The van der Waals surface area contributed by atoms with Gasteiger partial charge in [-0.25, -0.2) is 0 Å². The quantitative estimate of drug-likeness (QED) is 0.486. The average molecular weight is 278 g/mol. The molecule has 1 aliphatic heterocycles. The summed E-state index contributed by atoms with van der Waals surface area (Å²) in [7, 11) is 0. The minimum atomic E-state index is -0.583. The van der Waals surface area contributed by atoms with Crippen LogP contribution in [0.1, 0.15) is 23.7 Å². The molecule has 0 radical (unpaired) electrons. The lowest BCUT2D eigenvalue weighted by molar-refractivity contribution is -0.383. The molecule has 1 fully saturated rings. The minimum absolute atomic E-state index is 0.0798. The lowest BCUT2D eigenvalue weighted by atomic mass is 9.90. The van der Waals surface area contributed by atoms with Crippen molar-refractivity contribution in [3.63, 3.8) is 0 Å². The van der Waals surface area contributed by atoms with Crippen LogP contribution in [0.4, 0.5) is 11.4 Å². The van der Waals surface area contributed by atoms with Gasteiger partial charge in [0.25, 0.3) is 11.6 Å². The van der Waals surface area contributed by atoms with E-state index in [-0.39, 0.29) is 28.3 Å². The number of nitrogens with two attached hydrogens (primary N) is 2. The third-order valence-corrected chi connectivity index (χ3v) is 3.85. The standard InChI is InChI=1S/C13H18N4O3/c1-13(7-14)5-6-16(8-13)12(18)9-3-2-4-10(11(9)15)17(19)20/h2-4H,5-8,14-15H2,1H3. The molecule has 0 spiro atoms. The SMILES string of the molecule is CC1(CN)CCN(C(=O)c2cccc([N+](=O)[O-])c2N)C1. The van der Waals surface area contributed by atoms with Crippen molar-refractivity contribution >= 4 is 17.3 Å². The monoisotopic (exact) mass is 278 g/mol. The summed E-state index contributed by atoms with van der Waals surface area (Å²) in [6, 6.07) is 4.28. The summed E-state index contributed by atoms with van der Waals surface area (Å²) in [5.74, 6) is -0.275. The number of nitro benzene ring substituents is 1. The number of nitrogen functional groups attached to an aromatic ring is 1. The summed E-state index contributed by atoms with van der Waals surface area (Å²) in [4.78, 5) is 24.4. The van der Waals surface area contributed by atoms with Crippen molar-refractivity contribution in [1.82, 2.24) is 4.90 Å². The number of nitrogens with zero attached hydrogens (tertiary/aromatic N) is 2. The highest BCUT2D eigenvalue weighted by Gasteiger charge is 2.36. The number of carbonyl (C=O) groups excluding carboxylic acids is 1. The Morgan fingerprint density at radius 3 is 2.80 bits per heavy atom. The molecule has 20 heavy (non-hydrogen) atoms. The van der Waals surface area contributed by atoms with E-state index in [1.54, 1.807) is 4.90 Å². The number of carbonyl (C=O) groups is 1. The van der Waals surface area contributed by atoms with E-state index in [2.05, 4.69) is 0 Å². The van der Waals surface area contributed by atoms with Gasteiger partial charge < -0.3 is 16.4 Å². The Morgan fingerprint density at radius 2 is 2.25 bits per heavy atom. The van der Waals surface area contributed by atoms with Crippen molar-refractivity contribution in [3.05, 3.63) is 33.9 Å². The van der Waals surface area contributed by atoms with Crippen molar-refractivity contribution in [2.75, 3.05) is 25.4 Å². The van der Waals surface area contributed by atoms with Crippen LogP contribution in [0.5, 0.6) is 0 Å². The highest BCUT2D eigenvalue weighted by atomic mass is 16.6. The molecule has 1 aromatic carbocycles. The fourth-order valence-corrected chi connectivity index (χ4v) is 2.43. The lowest BCUT2D eigenvalue weighted by Gasteiger charge is -2.22. The number of hydrogen-bond acceptors (Lipinski definition) is 5. The fraction of sp³-hybridized carbons (Fsp3) is 0.462. The normalized spacial score (nSPS) is 22.0. The van der Waals surface area contributed by atoms with Gasteiger partial charge in [-0.05, 0) is 24.4 Å². The van der Waals surface area contributed by atoms with E-state index >= 15 is 0 Å². The number of para-hydroxylation sites is 1. The summed E-state index contributed by atoms with van der Waals surface area (Å²) < 4.78 is 0. The molecule has 1 aromatic rings. The molecule has 0 aromatic heterocycles. The number of benzene rings is 1. The molecule has 1 amide bonds. The van der Waals surface area contributed by atoms with E-state index in [0.717, 1.165) is 6.42 Å². The predicted molar refractivity (Wildman–Crippen MR) is 75.2 cm³/mol. The first-order valence-electron chi connectivity index (χ1n) is 6.40. The summed E-state index contributed by atoms with van der Waals surface area (Å²) in [5.41, 5.74) is 11.2. The molecule has 7 heteroatoms. The Morgan fingerprint density at radius 1 is 1.55 bits per heavy atom. The first kappa shape index (κ1) is 14.3. The van der Waals surface area contributed by atoms with Crippen LogP contribution in [0.3, 0.4) is 0 Å². The number of anilines is 1. The van der Waals surface area contributed by atoms with Gasteiger partial charge >= 0.3 is 0 Å². The van der Waals surface area contributed by atoms with Gasteiger partial charge in [0.05, 0.1) is 10.5 Å². The Kier molecular flexibility index (Phi) is 3.63. The number of rotatable bonds is 3. The highest BCUT2D eigenvalue weighted by Crippen LogP contribution is 2.32. The average Bonchev–Trinajstić information content (AvgIpc) is 2.81. The van der Waals surface area contributed by atoms with Crippen molar-refractivity contribution in [2.45, 2.75) is 13.3 Å². The second-order valence-corrected chi connectivity index (χ2v) is 5.49. The minimum Gasteiger partial charge on any atom is -0.393 e. The molecule has 1 unspecified atom stereocenters. The number of likely N-dealkylation sites (tertiary alicyclic amines) is 1. The van der Waals surface area contributed by atoms with Crippen LogP contribution in [-0.4, -0.2) is 35.4 Å². The van der Waals surface area contributed by atoms with E-state index in [1.807, 2.05) is 6.92 Å². The number of nitro groups is 1. The molecular weight excluding hydrogens is 260 g/mol. The summed E-state index contributed by atoms with van der Waals surface area (Å²) in [6.45, 7) is 3.66. The maximum Gasteiger partial charge on any atom is 0.292 e. The van der Waals surface area contributed by atoms with Gasteiger partial charge in [-0.1, -0.05) is 13.0 Å². The van der Waals surface area contributed by atoms with Crippen LogP contribution in [0, 0.1) is 15.5 Å². The lowest BCUT2D eigenvalue weighted by Crippen LogP contribution is -2.34. The predicted octanol–water partition coefficient (Wildman–Crippen LogP) is 0.988. The van der Waals surface area contributed by atoms with Crippen molar-refractivity contribution < 1.29 is 9.72 Å². The maximum atomic E-state index is 12.4. The van der Waals surface area contributed by atoms with Gasteiger partial charge in [0.2, 0.25) is 0 Å². The zero-order chi connectivity index (χ0) is 14.9.